The highest BCUT2D eigenvalue weighted by Crippen LogP contribution is 2.29. The lowest BCUT2D eigenvalue weighted by molar-refractivity contribution is -0.133. The van der Waals surface area contributed by atoms with Gasteiger partial charge in [0.1, 0.15) is 0 Å². The van der Waals surface area contributed by atoms with Crippen molar-refractivity contribution in [3.8, 4) is 0 Å². The summed E-state index contributed by atoms with van der Waals surface area (Å²) in [5, 5.41) is 1.13. The van der Waals surface area contributed by atoms with Crippen molar-refractivity contribution in [1.29, 1.82) is 0 Å². The van der Waals surface area contributed by atoms with E-state index in [1.165, 1.54) is 11.3 Å². The lowest BCUT2D eigenvalue weighted by Crippen LogP contribution is -2.51. The van der Waals surface area contributed by atoms with Crippen LogP contribution < -0.4 is 0 Å². The lowest BCUT2D eigenvalue weighted by Gasteiger charge is -2.35. The number of carbonyl (C=O) groups is 2. The lowest BCUT2D eigenvalue weighted by atomic mass is 9.98. The van der Waals surface area contributed by atoms with Crippen LogP contribution in [0.15, 0.2) is 42.6 Å². The second-order valence-corrected chi connectivity index (χ2v) is 8.75. The minimum Gasteiger partial charge on any atom is -0.350 e. The van der Waals surface area contributed by atoms with Crippen molar-refractivity contribution in [2.75, 3.05) is 26.2 Å². The van der Waals surface area contributed by atoms with Gasteiger partial charge in [-0.05, 0) is 37.6 Å². The Morgan fingerprint density at radius 2 is 1.68 bits per heavy atom. The number of hydrogen-bond donors (Lipinski definition) is 0. The van der Waals surface area contributed by atoms with Crippen molar-refractivity contribution < 1.29 is 9.59 Å². The molecule has 0 radical (unpaired) electrons. The van der Waals surface area contributed by atoms with Crippen LogP contribution in [0.3, 0.4) is 0 Å². The number of thiophene rings is 1. The maximum Gasteiger partial charge on any atom is 0.264 e. The molecule has 0 N–H and O–H groups in total. The van der Waals surface area contributed by atoms with Crippen LogP contribution in [0.2, 0.25) is 0 Å². The molecule has 5 nitrogen and oxygen atoms in total. The van der Waals surface area contributed by atoms with Gasteiger partial charge < -0.3 is 14.4 Å². The van der Waals surface area contributed by atoms with Crippen LogP contribution in [0, 0.1) is 6.92 Å². The first-order valence-corrected chi connectivity index (χ1v) is 10.5. The normalized spacial score (nSPS) is 15.8. The van der Waals surface area contributed by atoms with Gasteiger partial charge in [-0.15, -0.1) is 11.3 Å². The third-order valence-corrected chi connectivity index (χ3v) is 6.58. The van der Waals surface area contributed by atoms with E-state index in [1.54, 1.807) is 0 Å². The first kappa shape index (κ1) is 18.7. The average molecular weight is 396 g/mol. The van der Waals surface area contributed by atoms with Gasteiger partial charge >= 0.3 is 0 Å². The van der Waals surface area contributed by atoms with E-state index in [4.69, 9.17) is 0 Å². The molecule has 28 heavy (non-hydrogen) atoms. The molecule has 0 bridgehead atoms. The van der Waals surface area contributed by atoms with Crippen LogP contribution >= 0.6 is 11.3 Å². The van der Waals surface area contributed by atoms with E-state index in [0.29, 0.717) is 26.2 Å². The summed E-state index contributed by atoms with van der Waals surface area (Å²) in [5.41, 5.74) is 2.20. The number of aromatic nitrogens is 1. The van der Waals surface area contributed by atoms with Gasteiger partial charge in [-0.25, -0.2) is 0 Å². The second kappa shape index (κ2) is 7.43. The van der Waals surface area contributed by atoms with Crippen LogP contribution in [0.5, 0.6) is 0 Å². The van der Waals surface area contributed by atoms with Gasteiger partial charge in [0.25, 0.3) is 5.91 Å². The zero-order valence-corrected chi connectivity index (χ0v) is 17.3. The molecule has 3 heterocycles. The molecule has 1 fully saturated rings. The van der Waals surface area contributed by atoms with Crippen LogP contribution in [-0.2, 0) is 11.8 Å². The number of amides is 2. The highest BCUT2D eigenvalue weighted by Gasteiger charge is 2.29. The van der Waals surface area contributed by atoms with Crippen molar-refractivity contribution in [1.82, 2.24) is 14.4 Å². The number of hydrogen-bond acceptors (Lipinski definition) is 3. The Morgan fingerprint density at radius 1 is 1.00 bits per heavy atom. The van der Waals surface area contributed by atoms with Gasteiger partial charge in [0.15, 0.2) is 0 Å². The van der Waals surface area contributed by atoms with Gasteiger partial charge in [0, 0.05) is 55.2 Å². The zero-order valence-electron chi connectivity index (χ0n) is 16.5. The molecular formula is C22H25N3O2S. The topological polar surface area (TPSA) is 45.6 Å². The van der Waals surface area contributed by atoms with Crippen molar-refractivity contribution in [2.24, 2.45) is 7.05 Å². The Balaban J connectivity index is 1.44. The first-order chi connectivity index (χ1) is 13.5. The molecule has 4 rings (SSSR count). The molecule has 2 amide bonds. The molecule has 0 spiro atoms. The predicted molar refractivity (Wildman–Crippen MR) is 113 cm³/mol. The summed E-state index contributed by atoms with van der Waals surface area (Å²) in [6.45, 7) is 6.34. The quantitative estimate of drug-likeness (QED) is 0.680. The Bertz CT molecular complexity index is 1030. The maximum atomic E-state index is 13.1. The number of fused-ring (bicyclic) bond motifs is 1. The summed E-state index contributed by atoms with van der Waals surface area (Å²) >= 11 is 1.53. The summed E-state index contributed by atoms with van der Waals surface area (Å²) in [6, 6.07) is 12.1. The largest absolute Gasteiger partial charge is 0.350 e. The van der Waals surface area contributed by atoms with E-state index in [-0.39, 0.29) is 17.7 Å². The van der Waals surface area contributed by atoms with E-state index >= 15 is 0 Å². The average Bonchev–Trinajstić information content (AvgIpc) is 3.30. The molecule has 146 valence electrons. The number of carbonyl (C=O) groups excluding carboxylic acids is 2. The fraction of sp³-hybridized carbons (Fsp3) is 0.364. The summed E-state index contributed by atoms with van der Waals surface area (Å²) in [5.74, 6) is 0.0102. The third-order valence-electron chi connectivity index (χ3n) is 5.59. The summed E-state index contributed by atoms with van der Waals surface area (Å²) in [6.07, 6.45) is 2.06. The Kier molecular flexibility index (Phi) is 4.98. The number of benzene rings is 1. The molecule has 1 unspecified atom stereocenters. The van der Waals surface area contributed by atoms with Crippen molar-refractivity contribution >= 4 is 34.1 Å². The summed E-state index contributed by atoms with van der Waals surface area (Å²) in [4.78, 5) is 31.4. The maximum absolute atomic E-state index is 13.1. The minimum absolute atomic E-state index is 0.0762. The molecule has 2 aromatic heterocycles. The molecule has 6 heteroatoms. The van der Waals surface area contributed by atoms with Gasteiger partial charge in [-0.3, -0.25) is 9.59 Å². The van der Waals surface area contributed by atoms with Crippen molar-refractivity contribution in [3.63, 3.8) is 0 Å². The van der Waals surface area contributed by atoms with Gasteiger partial charge in [-0.1, -0.05) is 18.2 Å². The summed E-state index contributed by atoms with van der Waals surface area (Å²) < 4.78 is 2.08. The van der Waals surface area contributed by atoms with Crippen molar-refractivity contribution in [3.05, 3.63) is 57.9 Å². The van der Waals surface area contributed by atoms with E-state index in [9.17, 15) is 9.59 Å². The first-order valence-electron chi connectivity index (χ1n) is 9.64. The number of rotatable bonds is 3. The molecular weight excluding hydrogens is 370 g/mol. The summed E-state index contributed by atoms with van der Waals surface area (Å²) in [7, 11) is 2.01. The van der Waals surface area contributed by atoms with Gasteiger partial charge in [-0.2, -0.15) is 0 Å². The monoisotopic (exact) mass is 395 g/mol. The number of aryl methyl sites for hydroxylation is 2. The molecule has 1 saturated heterocycles. The smallest absolute Gasteiger partial charge is 0.264 e. The van der Waals surface area contributed by atoms with Gasteiger partial charge in [0.05, 0.1) is 10.8 Å². The van der Waals surface area contributed by atoms with E-state index in [2.05, 4.69) is 22.9 Å². The Labute approximate surface area is 169 Å². The minimum atomic E-state index is -0.201. The molecule has 1 atom stereocenters. The SMILES string of the molecule is Cc1ccc(C(=O)N2CCN(C(=O)C(C)c3cn(C)c4ccccc34)CC2)s1. The predicted octanol–water partition coefficient (Wildman–Crippen LogP) is 3.64. The third kappa shape index (κ3) is 3.33. The second-order valence-electron chi connectivity index (χ2n) is 7.46. The Hall–Kier alpha value is -2.60. The van der Waals surface area contributed by atoms with E-state index in [1.807, 2.05) is 55.0 Å². The van der Waals surface area contributed by atoms with Crippen molar-refractivity contribution in [2.45, 2.75) is 19.8 Å². The Morgan fingerprint density at radius 3 is 2.36 bits per heavy atom. The van der Waals surface area contributed by atoms with Crippen LogP contribution in [0.4, 0.5) is 0 Å². The zero-order chi connectivity index (χ0) is 19.8. The van der Waals surface area contributed by atoms with Crippen LogP contribution in [0.25, 0.3) is 10.9 Å². The standard InChI is InChI=1S/C22H25N3O2S/c1-15-8-9-20(28-15)22(27)25-12-10-24(11-13-25)21(26)16(2)18-14-23(3)19-7-5-4-6-17(18)19/h4-9,14,16H,10-13H2,1-3H3. The number of para-hydroxylation sites is 1. The molecule has 1 aliphatic heterocycles. The molecule has 0 aliphatic carbocycles. The molecule has 0 saturated carbocycles. The molecule has 1 aliphatic rings. The number of nitrogens with zero attached hydrogens (tertiary/aromatic N) is 3. The van der Waals surface area contributed by atoms with E-state index < -0.39 is 0 Å². The highest BCUT2D eigenvalue weighted by atomic mass is 32.1. The van der Waals surface area contributed by atoms with Crippen LogP contribution in [0.1, 0.15) is 33.0 Å². The molecule has 3 aromatic rings. The fourth-order valence-electron chi connectivity index (χ4n) is 3.96. The number of piperazine rings is 1. The molecule has 1 aromatic carbocycles. The van der Waals surface area contributed by atoms with E-state index in [0.717, 1.165) is 26.2 Å². The van der Waals surface area contributed by atoms with Gasteiger partial charge in [0.2, 0.25) is 5.91 Å². The fourth-order valence-corrected chi connectivity index (χ4v) is 4.80. The van der Waals surface area contributed by atoms with Crippen LogP contribution in [-0.4, -0.2) is 52.4 Å². The highest BCUT2D eigenvalue weighted by molar-refractivity contribution is 7.13.